The number of non-ortho nitro benzene ring substituents is 1. The van der Waals surface area contributed by atoms with Crippen LogP contribution in [-0.4, -0.2) is 46.1 Å². The summed E-state index contributed by atoms with van der Waals surface area (Å²) >= 11 is 0. The van der Waals surface area contributed by atoms with Gasteiger partial charge in [-0.3, -0.25) is 15.0 Å². The van der Waals surface area contributed by atoms with Gasteiger partial charge in [0, 0.05) is 49.6 Å². The predicted octanol–water partition coefficient (Wildman–Crippen LogP) is 3.53. The molecule has 1 aliphatic heterocycles. The van der Waals surface area contributed by atoms with Gasteiger partial charge < -0.3 is 9.42 Å². The van der Waals surface area contributed by atoms with Gasteiger partial charge in [-0.05, 0) is 24.1 Å². The fourth-order valence-corrected chi connectivity index (χ4v) is 3.47. The van der Waals surface area contributed by atoms with Crippen molar-refractivity contribution in [3.8, 4) is 11.4 Å². The predicted molar refractivity (Wildman–Crippen MR) is 110 cm³/mol. The number of benzene rings is 2. The maximum atomic E-state index is 10.8. The number of aromatic nitrogens is 2. The van der Waals surface area contributed by atoms with E-state index in [1.54, 1.807) is 12.1 Å². The van der Waals surface area contributed by atoms with E-state index in [1.807, 2.05) is 24.3 Å². The second-order valence-corrected chi connectivity index (χ2v) is 7.10. The standard InChI is InChI=1S/C21H23N5O3/c1-2-16-3-5-17(6-4-16)21-22-20(29-23-21)15-24-11-13-25(14-12-24)18-7-9-19(10-8-18)26(27)28/h3-10H,2,11-15H2,1H3. The van der Waals surface area contributed by atoms with Crippen molar-refractivity contribution in [1.29, 1.82) is 0 Å². The van der Waals surface area contributed by atoms with Crippen LogP contribution in [0, 0.1) is 10.1 Å². The molecule has 8 nitrogen and oxygen atoms in total. The zero-order chi connectivity index (χ0) is 20.2. The third-order valence-electron chi connectivity index (χ3n) is 5.25. The van der Waals surface area contributed by atoms with Gasteiger partial charge in [0.1, 0.15) is 0 Å². The fraction of sp³-hybridized carbons (Fsp3) is 0.333. The maximum absolute atomic E-state index is 10.8. The van der Waals surface area contributed by atoms with Crippen LogP contribution in [0.25, 0.3) is 11.4 Å². The molecule has 0 bridgehead atoms. The molecule has 1 aliphatic rings. The molecule has 1 fully saturated rings. The van der Waals surface area contributed by atoms with Crippen molar-refractivity contribution in [1.82, 2.24) is 15.0 Å². The lowest BCUT2D eigenvalue weighted by molar-refractivity contribution is -0.384. The Morgan fingerprint density at radius 1 is 1.03 bits per heavy atom. The molecule has 29 heavy (non-hydrogen) atoms. The van der Waals surface area contributed by atoms with E-state index in [0.717, 1.165) is 43.9 Å². The highest BCUT2D eigenvalue weighted by molar-refractivity contribution is 5.54. The zero-order valence-corrected chi connectivity index (χ0v) is 16.3. The highest BCUT2D eigenvalue weighted by Gasteiger charge is 2.20. The summed E-state index contributed by atoms with van der Waals surface area (Å²) in [4.78, 5) is 19.5. The number of hydrogen-bond acceptors (Lipinski definition) is 7. The van der Waals surface area contributed by atoms with Crippen molar-refractivity contribution >= 4 is 11.4 Å². The molecule has 0 saturated carbocycles. The van der Waals surface area contributed by atoms with Gasteiger partial charge in [0.15, 0.2) is 0 Å². The van der Waals surface area contributed by atoms with Crippen molar-refractivity contribution in [2.24, 2.45) is 0 Å². The first-order valence-corrected chi connectivity index (χ1v) is 9.76. The summed E-state index contributed by atoms with van der Waals surface area (Å²) in [6.45, 7) is 6.16. The smallest absolute Gasteiger partial charge is 0.269 e. The van der Waals surface area contributed by atoms with Crippen LogP contribution in [0.4, 0.5) is 11.4 Å². The Bertz CT molecular complexity index is 961. The number of anilines is 1. The number of nitrogens with zero attached hydrogens (tertiary/aromatic N) is 5. The summed E-state index contributed by atoms with van der Waals surface area (Å²) in [5.41, 5.74) is 3.36. The zero-order valence-electron chi connectivity index (χ0n) is 16.3. The van der Waals surface area contributed by atoms with E-state index in [9.17, 15) is 10.1 Å². The maximum Gasteiger partial charge on any atom is 0.269 e. The molecule has 0 aliphatic carbocycles. The number of rotatable bonds is 6. The molecule has 3 aromatic rings. The van der Waals surface area contributed by atoms with Gasteiger partial charge in [0.25, 0.3) is 5.69 Å². The summed E-state index contributed by atoms with van der Waals surface area (Å²) in [7, 11) is 0. The monoisotopic (exact) mass is 393 g/mol. The average molecular weight is 393 g/mol. The molecule has 1 aromatic heterocycles. The molecule has 0 unspecified atom stereocenters. The van der Waals surface area contributed by atoms with Crippen molar-refractivity contribution in [3.05, 3.63) is 70.1 Å². The van der Waals surface area contributed by atoms with E-state index >= 15 is 0 Å². The Morgan fingerprint density at radius 3 is 2.34 bits per heavy atom. The van der Waals surface area contributed by atoms with E-state index in [0.29, 0.717) is 18.3 Å². The summed E-state index contributed by atoms with van der Waals surface area (Å²) in [5.74, 6) is 1.23. The number of aryl methyl sites for hydroxylation is 1. The van der Waals surface area contributed by atoms with E-state index < -0.39 is 0 Å². The second kappa shape index (κ2) is 8.40. The van der Waals surface area contributed by atoms with E-state index in [2.05, 4.69) is 39.0 Å². The molecule has 0 N–H and O–H groups in total. The van der Waals surface area contributed by atoms with Crippen molar-refractivity contribution in [3.63, 3.8) is 0 Å². The van der Waals surface area contributed by atoms with Gasteiger partial charge in [-0.1, -0.05) is 36.3 Å². The Hall–Kier alpha value is -3.26. The molecule has 0 amide bonds. The summed E-state index contributed by atoms with van der Waals surface area (Å²) < 4.78 is 5.45. The topological polar surface area (TPSA) is 88.5 Å². The van der Waals surface area contributed by atoms with E-state index in [-0.39, 0.29) is 10.6 Å². The molecule has 0 radical (unpaired) electrons. The van der Waals surface area contributed by atoms with Gasteiger partial charge in [-0.25, -0.2) is 0 Å². The Labute approximate surface area is 168 Å². The lowest BCUT2D eigenvalue weighted by Crippen LogP contribution is -2.46. The molecule has 2 heterocycles. The summed E-state index contributed by atoms with van der Waals surface area (Å²) in [6, 6.07) is 14.9. The van der Waals surface area contributed by atoms with Crippen molar-refractivity contribution < 1.29 is 9.45 Å². The third kappa shape index (κ3) is 4.43. The molecule has 1 saturated heterocycles. The van der Waals surface area contributed by atoms with Crippen LogP contribution in [-0.2, 0) is 13.0 Å². The lowest BCUT2D eigenvalue weighted by Gasteiger charge is -2.35. The van der Waals surface area contributed by atoms with Gasteiger partial charge >= 0.3 is 0 Å². The van der Waals surface area contributed by atoms with Gasteiger partial charge in [-0.2, -0.15) is 4.98 Å². The summed E-state index contributed by atoms with van der Waals surface area (Å²) in [5, 5.41) is 14.9. The molecule has 2 aromatic carbocycles. The minimum atomic E-state index is -0.376. The van der Waals surface area contributed by atoms with Crippen LogP contribution in [0.1, 0.15) is 18.4 Å². The van der Waals surface area contributed by atoms with Crippen molar-refractivity contribution in [2.75, 3.05) is 31.1 Å². The van der Waals surface area contributed by atoms with Crippen LogP contribution < -0.4 is 4.90 Å². The average Bonchev–Trinajstić information content (AvgIpc) is 3.23. The van der Waals surface area contributed by atoms with Gasteiger partial charge in [0.2, 0.25) is 11.7 Å². The van der Waals surface area contributed by atoms with Crippen LogP contribution in [0.3, 0.4) is 0 Å². The Morgan fingerprint density at radius 2 is 1.72 bits per heavy atom. The second-order valence-electron chi connectivity index (χ2n) is 7.10. The van der Waals surface area contributed by atoms with Crippen LogP contribution in [0.15, 0.2) is 53.1 Å². The molecule has 0 atom stereocenters. The first kappa shape index (κ1) is 19.1. The minimum Gasteiger partial charge on any atom is -0.369 e. The quantitative estimate of drug-likeness (QED) is 0.467. The first-order chi connectivity index (χ1) is 14.1. The summed E-state index contributed by atoms with van der Waals surface area (Å²) in [6.07, 6.45) is 1.00. The lowest BCUT2D eigenvalue weighted by atomic mass is 10.1. The highest BCUT2D eigenvalue weighted by atomic mass is 16.6. The normalized spacial score (nSPS) is 14.9. The van der Waals surface area contributed by atoms with Crippen LogP contribution in [0.5, 0.6) is 0 Å². The number of hydrogen-bond donors (Lipinski definition) is 0. The largest absolute Gasteiger partial charge is 0.369 e. The first-order valence-electron chi connectivity index (χ1n) is 9.76. The van der Waals surface area contributed by atoms with Crippen molar-refractivity contribution in [2.45, 2.75) is 19.9 Å². The van der Waals surface area contributed by atoms with Crippen LogP contribution >= 0.6 is 0 Å². The Balaban J connectivity index is 1.32. The molecule has 8 heteroatoms. The fourth-order valence-electron chi connectivity index (χ4n) is 3.47. The highest BCUT2D eigenvalue weighted by Crippen LogP contribution is 2.22. The number of nitro benzene ring substituents is 1. The Kier molecular flexibility index (Phi) is 5.53. The van der Waals surface area contributed by atoms with Gasteiger partial charge in [0.05, 0.1) is 11.5 Å². The van der Waals surface area contributed by atoms with Crippen LogP contribution in [0.2, 0.25) is 0 Å². The number of piperazine rings is 1. The molecule has 0 spiro atoms. The molecular formula is C21H23N5O3. The van der Waals surface area contributed by atoms with E-state index in [1.165, 1.54) is 5.56 Å². The minimum absolute atomic E-state index is 0.115. The molecular weight excluding hydrogens is 370 g/mol. The SMILES string of the molecule is CCc1ccc(-c2noc(CN3CCN(c4ccc([N+](=O)[O-])cc4)CC3)n2)cc1. The molecule has 150 valence electrons. The third-order valence-corrected chi connectivity index (χ3v) is 5.25. The molecule has 4 rings (SSSR count). The van der Waals surface area contributed by atoms with E-state index in [4.69, 9.17) is 4.52 Å². The van der Waals surface area contributed by atoms with Gasteiger partial charge in [-0.15, -0.1) is 0 Å². The number of nitro groups is 1.